The summed E-state index contributed by atoms with van der Waals surface area (Å²) in [6.45, 7) is 2.10. The lowest BCUT2D eigenvalue weighted by Gasteiger charge is -2.24. The fourth-order valence-corrected chi connectivity index (χ4v) is 3.04. The third kappa shape index (κ3) is 2.19. The van der Waals surface area contributed by atoms with Crippen LogP contribution < -0.4 is 5.73 Å². The number of nitrogens with zero attached hydrogens (tertiary/aromatic N) is 2. The number of aromatic nitrogens is 2. The maximum absolute atomic E-state index is 5.81. The van der Waals surface area contributed by atoms with Crippen LogP contribution in [0.2, 0.25) is 0 Å². The van der Waals surface area contributed by atoms with Gasteiger partial charge in [0.2, 0.25) is 0 Å². The summed E-state index contributed by atoms with van der Waals surface area (Å²) in [7, 11) is 0. The molecule has 0 aliphatic heterocycles. The van der Waals surface area contributed by atoms with Gasteiger partial charge in [0.15, 0.2) is 0 Å². The van der Waals surface area contributed by atoms with E-state index in [-0.39, 0.29) is 12.4 Å². The zero-order chi connectivity index (χ0) is 11.8. The first-order valence-corrected chi connectivity index (χ1v) is 6.50. The van der Waals surface area contributed by atoms with E-state index in [0.29, 0.717) is 6.04 Å². The standard InChI is InChI=1S/C14H19N3.ClH/c1-10-16-13-9-11(15)7-8-14(13)17(10)12-5-3-2-4-6-12;/h7-9,12H,2-6,15H2,1H3;1H. The van der Waals surface area contributed by atoms with Gasteiger partial charge in [0, 0.05) is 11.7 Å². The fraction of sp³-hybridized carbons (Fsp3) is 0.500. The number of nitrogen functional groups attached to an aromatic ring is 1. The first-order chi connectivity index (χ1) is 8.25. The Balaban J connectivity index is 0.00000120. The van der Waals surface area contributed by atoms with Crippen LogP contribution in [0.1, 0.15) is 44.0 Å². The van der Waals surface area contributed by atoms with Gasteiger partial charge in [-0.3, -0.25) is 0 Å². The minimum absolute atomic E-state index is 0. The average molecular weight is 266 g/mol. The summed E-state index contributed by atoms with van der Waals surface area (Å²) < 4.78 is 2.41. The molecule has 1 aliphatic carbocycles. The van der Waals surface area contributed by atoms with Gasteiger partial charge in [-0.2, -0.15) is 0 Å². The molecule has 2 aromatic rings. The second kappa shape index (κ2) is 5.19. The molecular formula is C14H20ClN3. The van der Waals surface area contributed by atoms with Gasteiger partial charge >= 0.3 is 0 Å². The number of imidazole rings is 1. The number of anilines is 1. The van der Waals surface area contributed by atoms with Crippen molar-refractivity contribution in [2.75, 3.05) is 5.73 Å². The smallest absolute Gasteiger partial charge is 0.106 e. The topological polar surface area (TPSA) is 43.8 Å². The quantitative estimate of drug-likeness (QED) is 0.796. The van der Waals surface area contributed by atoms with Crippen molar-refractivity contribution in [2.45, 2.75) is 45.1 Å². The lowest BCUT2D eigenvalue weighted by Crippen LogP contribution is -2.13. The van der Waals surface area contributed by atoms with Gasteiger partial charge in [-0.05, 0) is 38.0 Å². The van der Waals surface area contributed by atoms with Crippen molar-refractivity contribution in [1.82, 2.24) is 9.55 Å². The highest BCUT2D eigenvalue weighted by Crippen LogP contribution is 2.32. The largest absolute Gasteiger partial charge is 0.399 e. The molecule has 0 atom stereocenters. The number of rotatable bonds is 1. The molecule has 0 unspecified atom stereocenters. The number of benzene rings is 1. The van der Waals surface area contributed by atoms with Crippen LogP contribution in [0.15, 0.2) is 18.2 Å². The first-order valence-electron chi connectivity index (χ1n) is 6.50. The molecule has 98 valence electrons. The molecule has 1 saturated carbocycles. The highest BCUT2D eigenvalue weighted by atomic mass is 35.5. The van der Waals surface area contributed by atoms with Gasteiger partial charge in [-0.15, -0.1) is 12.4 Å². The molecule has 0 spiro atoms. The number of fused-ring (bicyclic) bond motifs is 1. The first kappa shape index (κ1) is 13.2. The van der Waals surface area contributed by atoms with Crippen molar-refractivity contribution >= 4 is 29.1 Å². The number of nitrogens with two attached hydrogens (primary N) is 1. The third-order valence-corrected chi connectivity index (χ3v) is 3.83. The van der Waals surface area contributed by atoms with E-state index in [4.69, 9.17) is 5.73 Å². The highest BCUT2D eigenvalue weighted by molar-refractivity contribution is 5.85. The maximum atomic E-state index is 5.81. The lowest BCUT2D eigenvalue weighted by atomic mass is 9.95. The van der Waals surface area contributed by atoms with Gasteiger partial charge < -0.3 is 10.3 Å². The van der Waals surface area contributed by atoms with Crippen molar-refractivity contribution in [2.24, 2.45) is 0 Å². The summed E-state index contributed by atoms with van der Waals surface area (Å²) in [5, 5.41) is 0. The third-order valence-electron chi connectivity index (χ3n) is 3.83. The summed E-state index contributed by atoms with van der Waals surface area (Å²) in [5.41, 5.74) is 8.88. The molecular weight excluding hydrogens is 246 g/mol. The van der Waals surface area contributed by atoms with Gasteiger partial charge in [-0.1, -0.05) is 19.3 Å². The predicted octanol–water partition coefficient (Wildman–Crippen LogP) is 3.85. The van der Waals surface area contributed by atoms with E-state index in [1.165, 1.54) is 37.6 Å². The normalized spacial score (nSPS) is 16.7. The summed E-state index contributed by atoms with van der Waals surface area (Å²) >= 11 is 0. The van der Waals surface area contributed by atoms with Crippen molar-refractivity contribution in [1.29, 1.82) is 0 Å². The minimum atomic E-state index is 0. The van der Waals surface area contributed by atoms with E-state index in [1.807, 2.05) is 12.1 Å². The zero-order valence-electron chi connectivity index (χ0n) is 10.7. The van der Waals surface area contributed by atoms with Crippen LogP contribution >= 0.6 is 12.4 Å². The van der Waals surface area contributed by atoms with Gasteiger partial charge in [0.1, 0.15) is 5.82 Å². The molecule has 1 heterocycles. The molecule has 0 bridgehead atoms. The summed E-state index contributed by atoms with van der Waals surface area (Å²) in [5.74, 6) is 1.12. The Kier molecular flexibility index (Phi) is 3.81. The summed E-state index contributed by atoms with van der Waals surface area (Å²) in [6.07, 6.45) is 6.65. The van der Waals surface area contributed by atoms with Crippen molar-refractivity contribution in [3.8, 4) is 0 Å². The number of hydrogen-bond donors (Lipinski definition) is 1. The second-order valence-electron chi connectivity index (χ2n) is 5.07. The second-order valence-corrected chi connectivity index (χ2v) is 5.07. The van der Waals surface area contributed by atoms with Crippen molar-refractivity contribution < 1.29 is 0 Å². The summed E-state index contributed by atoms with van der Waals surface area (Å²) in [4.78, 5) is 4.63. The van der Waals surface area contributed by atoms with Gasteiger partial charge in [0.25, 0.3) is 0 Å². The molecule has 3 rings (SSSR count). The summed E-state index contributed by atoms with van der Waals surface area (Å²) in [6, 6.07) is 6.70. The molecule has 1 aromatic carbocycles. The highest BCUT2D eigenvalue weighted by Gasteiger charge is 2.19. The van der Waals surface area contributed by atoms with Crippen LogP contribution in [0.4, 0.5) is 5.69 Å². The molecule has 4 heteroatoms. The Morgan fingerprint density at radius 1 is 1.22 bits per heavy atom. The molecule has 1 aliphatic rings. The molecule has 18 heavy (non-hydrogen) atoms. The van der Waals surface area contributed by atoms with E-state index in [1.54, 1.807) is 0 Å². The molecule has 0 saturated heterocycles. The maximum Gasteiger partial charge on any atom is 0.106 e. The lowest BCUT2D eigenvalue weighted by molar-refractivity contribution is 0.355. The van der Waals surface area contributed by atoms with Crippen LogP contribution in [-0.2, 0) is 0 Å². The van der Waals surface area contributed by atoms with Crippen LogP contribution in [0, 0.1) is 6.92 Å². The van der Waals surface area contributed by atoms with Gasteiger partial charge in [0.05, 0.1) is 11.0 Å². The van der Waals surface area contributed by atoms with E-state index in [2.05, 4.69) is 22.5 Å². The molecule has 1 aromatic heterocycles. The number of halogens is 1. The van der Waals surface area contributed by atoms with Crippen LogP contribution in [0.25, 0.3) is 11.0 Å². The molecule has 3 nitrogen and oxygen atoms in total. The Bertz CT molecular complexity index is 541. The van der Waals surface area contributed by atoms with Crippen molar-refractivity contribution in [3.63, 3.8) is 0 Å². The SMILES string of the molecule is Cc1nc2cc(N)ccc2n1C1CCCCC1.Cl. The predicted molar refractivity (Wildman–Crippen MR) is 78.3 cm³/mol. The average Bonchev–Trinajstić information content (AvgIpc) is 2.65. The van der Waals surface area contributed by atoms with E-state index in [9.17, 15) is 0 Å². The Morgan fingerprint density at radius 3 is 2.67 bits per heavy atom. The van der Waals surface area contributed by atoms with E-state index >= 15 is 0 Å². The Labute approximate surface area is 114 Å². The van der Waals surface area contributed by atoms with Gasteiger partial charge in [-0.25, -0.2) is 4.98 Å². The molecule has 2 N–H and O–H groups in total. The Hall–Kier alpha value is -1.22. The fourth-order valence-electron chi connectivity index (χ4n) is 3.04. The molecule has 0 radical (unpaired) electrons. The van der Waals surface area contributed by atoms with E-state index < -0.39 is 0 Å². The molecule has 0 amide bonds. The zero-order valence-corrected chi connectivity index (χ0v) is 11.5. The van der Waals surface area contributed by atoms with Crippen LogP contribution in [-0.4, -0.2) is 9.55 Å². The molecule has 1 fully saturated rings. The van der Waals surface area contributed by atoms with Crippen LogP contribution in [0.3, 0.4) is 0 Å². The van der Waals surface area contributed by atoms with Crippen LogP contribution in [0.5, 0.6) is 0 Å². The van der Waals surface area contributed by atoms with E-state index in [0.717, 1.165) is 17.0 Å². The number of aryl methyl sites for hydroxylation is 1. The Morgan fingerprint density at radius 2 is 1.94 bits per heavy atom. The monoisotopic (exact) mass is 265 g/mol. The number of hydrogen-bond acceptors (Lipinski definition) is 2. The minimum Gasteiger partial charge on any atom is -0.399 e. The van der Waals surface area contributed by atoms with Crippen molar-refractivity contribution in [3.05, 3.63) is 24.0 Å².